The Morgan fingerprint density at radius 2 is 0.721 bits per heavy atom. The second kappa shape index (κ2) is 24.3. The fourth-order valence-corrected chi connectivity index (χ4v) is 15.9. The van der Waals surface area contributed by atoms with E-state index in [0.29, 0.717) is 50.3 Å². The zero-order valence-electron chi connectivity index (χ0n) is 28.5. The van der Waals surface area contributed by atoms with E-state index in [-0.39, 0.29) is 0 Å². The number of hydrogen-bond donors (Lipinski definition) is 0. The molecule has 0 rings (SSSR count). The quantitative estimate of drug-likeness (QED) is 0.0408. The molecule has 0 aromatic rings. The summed E-state index contributed by atoms with van der Waals surface area (Å²) >= 11 is 0. The van der Waals surface area contributed by atoms with E-state index in [4.69, 9.17) is 3.97 Å². The van der Waals surface area contributed by atoms with E-state index in [9.17, 15) is 26.0 Å². The summed E-state index contributed by atoms with van der Waals surface area (Å²) in [5.74, 6) is 0. The van der Waals surface area contributed by atoms with Crippen molar-refractivity contribution in [1.29, 1.82) is 0 Å². The predicted octanol–water partition coefficient (Wildman–Crippen LogP) is 13.1. The molecule has 0 N–H and O–H groups in total. The fraction of sp³-hybridized carbons (Fsp3) is 1.00. The van der Waals surface area contributed by atoms with Crippen molar-refractivity contribution in [3.05, 3.63) is 0 Å². The first kappa shape index (κ1) is 43.1. The Morgan fingerprint density at radius 3 is 0.977 bits per heavy atom. The van der Waals surface area contributed by atoms with Crippen molar-refractivity contribution in [2.45, 2.75) is 193 Å². The molecule has 0 radical (unpaired) electrons. The van der Waals surface area contributed by atoms with Crippen molar-refractivity contribution < 1.29 is 29.9 Å². The molecule has 0 fully saturated rings. The van der Waals surface area contributed by atoms with E-state index >= 15 is 0 Å². The molecule has 0 heterocycles. The number of unbranched alkanes of at least 4 members (excludes halogenated alkanes) is 20. The first-order chi connectivity index (χ1) is 20.5. The molecule has 0 saturated carbocycles. The monoisotopic (exact) mass is 664 g/mol. The van der Waals surface area contributed by atoms with Crippen molar-refractivity contribution in [3.63, 3.8) is 0 Å². The van der Waals surface area contributed by atoms with E-state index in [0.717, 1.165) is 77.0 Å². The first-order valence-corrected chi connectivity index (χ1v) is 22.4. The van der Waals surface area contributed by atoms with Gasteiger partial charge in [0, 0.05) is 0 Å². The standard InChI is InChI=1S/C34H69F4O3PS/c1-5-9-13-17-18-19-20-21-22-23-24-28-32-42(29-25-14-10-6-2,30-26-15-11-7-3,31-27-16-12-8-4)41-43(39,40)34(37,38)33(35)36/h33H,5-32H2,1-4H3. The van der Waals surface area contributed by atoms with Gasteiger partial charge in [0.25, 0.3) is 0 Å². The third-order valence-corrected chi connectivity index (χ3v) is 18.3. The van der Waals surface area contributed by atoms with Gasteiger partial charge in [0.2, 0.25) is 0 Å². The van der Waals surface area contributed by atoms with E-state index in [1.165, 1.54) is 51.4 Å². The summed E-state index contributed by atoms with van der Waals surface area (Å²) in [7, 11) is -5.79. The van der Waals surface area contributed by atoms with Crippen LogP contribution in [0, 0.1) is 0 Å². The minimum absolute atomic E-state index is 0.445. The summed E-state index contributed by atoms with van der Waals surface area (Å²) in [5, 5.41) is -5.21. The van der Waals surface area contributed by atoms with Crippen LogP contribution in [0.3, 0.4) is 0 Å². The maximum atomic E-state index is 14.6. The van der Waals surface area contributed by atoms with Gasteiger partial charge in [-0.3, -0.25) is 0 Å². The van der Waals surface area contributed by atoms with Crippen molar-refractivity contribution in [2.24, 2.45) is 0 Å². The second-order valence-corrected chi connectivity index (χ2v) is 20.8. The van der Waals surface area contributed by atoms with Gasteiger partial charge >= 0.3 is 252 Å². The van der Waals surface area contributed by atoms with Crippen molar-refractivity contribution >= 4 is 16.9 Å². The molecule has 262 valence electrons. The number of hydrogen-bond acceptors (Lipinski definition) is 3. The summed E-state index contributed by atoms with van der Waals surface area (Å²) in [6.45, 7) is 4.69. The topological polar surface area (TPSA) is 43.4 Å². The minimum atomic E-state index is -5.79. The van der Waals surface area contributed by atoms with Gasteiger partial charge in [-0.2, -0.15) is 0 Å². The van der Waals surface area contributed by atoms with Gasteiger partial charge < -0.3 is 0 Å². The van der Waals surface area contributed by atoms with Crippen LogP contribution in [-0.2, 0) is 14.1 Å². The molecule has 0 aliphatic heterocycles. The molecule has 0 aliphatic rings. The van der Waals surface area contributed by atoms with Crippen LogP contribution in [0.5, 0.6) is 0 Å². The van der Waals surface area contributed by atoms with Crippen LogP contribution in [0.4, 0.5) is 17.6 Å². The molecule has 0 bridgehead atoms. The van der Waals surface area contributed by atoms with Crippen molar-refractivity contribution in [2.75, 3.05) is 24.6 Å². The fourth-order valence-electron chi connectivity index (χ4n) is 6.42. The number of halogens is 4. The van der Waals surface area contributed by atoms with Crippen LogP contribution >= 0.6 is 6.83 Å². The molecule has 0 aliphatic carbocycles. The summed E-state index contributed by atoms with van der Waals surface area (Å²) in [5.41, 5.74) is 0. The summed E-state index contributed by atoms with van der Waals surface area (Å²) < 4.78 is 88.0. The number of alkyl halides is 4. The van der Waals surface area contributed by atoms with Crippen LogP contribution < -0.4 is 0 Å². The molecule has 0 amide bonds. The van der Waals surface area contributed by atoms with E-state index in [2.05, 4.69) is 27.7 Å². The molecule has 0 saturated heterocycles. The van der Waals surface area contributed by atoms with Crippen molar-refractivity contribution in [1.82, 2.24) is 0 Å². The van der Waals surface area contributed by atoms with Gasteiger partial charge in [0.05, 0.1) is 0 Å². The average Bonchev–Trinajstić information content (AvgIpc) is 2.96. The van der Waals surface area contributed by atoms with Crippen LogP contribution in [0.25, 0.3) is 0 Å². The van der Waals surface area contributed by atoms with Crippen LogP contribution in [0.15, 0.2) is 0 Å². The Kier molecular flexibility index (Phi) is 24.3. The summed E-state index contributed by atoms with van der Waals surface area (Å²) in [6.07, 6.45) is 21.9. The summed E-state index contributed by atoms with van der Waals surface area (Å²) in [4.78, 5) is 0. The second-order valence-electron chi connectivity index (χ2n) is 13.2. The molecule has 43 heavy (non-hydrogen) atoms. The molecule has 0 spiro atoms. The average molecular weight is 665 g/mol. The molecule has 0 atom stereocenters. The van der Waals surface area contributed by atoms with Crippen molar-refractivity contribution in [3.8, 4) is 0 Å². The van der Waals surface area contributed by atoms with Gasteiger partial charge in [-0.15, -0.1) is 0 Å². The van der Waals surface area contributed by atoms with Crippen LogP contribution in [0.2, 0.25) is 0 Å². The molecular weight excluding hydrogens is 595 g/mol. The molecule has 9 heteroatoms. The predicted molar refractivity (Wildman–Crippen MR) is 181 cm³/mol. The first-order valence-electron chi connectivity index (χ1n) is 18.1. The molecule has 3 nitrogen and oxygen atoms in total. The van der Waals surface area contributed by atoms with Gasteiger partial charge in [0.15, 0.2) is 0 Å². The summed E-state index contributed by atoms with van der Waals surface area (Å²) in [6, 6.07) is 0. The molecule has 0 aromatic carbocycles. The maximum absolute atomic E-state index is 14.6. The molecule has 0 aromatic heterocycles. The SMILES string of the molecule is CCCCCCCCCCCCCCP(CCCCCC)(CCCCCC)(CCCCCC)OS(=O)(=O)C(F)(F)C(F)F. The van der Waals surface area contributed by atoms with Gasteiger partial charge in [-0.25, -0.2) is 0 Å². The van der Waals surface area contributed by atoms with Gasteiger partial charge in [0.1, 0.15) is 0 Å². The molecule has 0 unspecified atom stereocenters. The Morgan fingerprint density at radius 1 is 0.488 bits per heavy atom. The van der Waals surface area contributed by atoms with E-state index in [1.54, 1.807) is 0 Å². The Bertz CT molecular complexity index is 731. The Balaban J connectivity index is 5.92. The third-order valence-electron chi connectivity index (χ3n) is 9.21. The Hall–Kier alpha value is 0.0600. The van der Waals surface area contributed by atoms with Gasteiger partial charge in [-0.1, -0.05) is 13.3 Å². The molecular formula is C34H69F4O3PS. The zero-order valence-corrected chi connectivity index (χ0v) is 30.2. The van der Waals surface area contributed by atoms with Crippen LogP contribution in [-0.4, -0.2) is 44.7 Å². The van der Waals surface area contributed by atoms with Crippen LogP contribution in [0.1, 0.15) is 182 Å². The van der Waals surface area contributed by atoms with E-state index in [1.807, 2.05) is 0 Å². The Labute approximate surface area is 264 Å². The normalized spacial score (nSPS) is 13.9. The third kappa shape index (κ3) is 17.5. The number of rotatable bonds is 32. The zero-order chi connectivity index (χ0) is 32.5. The van der Waals surface area contributed by atoms with Gasteiger partial charge in [-0.05, 0) is 0 Å². The van der Waals surface area contributed by atoms with E-state index < -0.39 is 28.6 Å².